The number of likely N-dealkylation sites (tertiary alicyclic amines) is 2. The zero-order chi connectivity index (χ0) is 24.4. The van der Waals surface area contributed by atoms with Crippen LogP contribution < -0.4 is 5.73 Å². The summed E-state index contributed by atoms with van der Waals surface area (Å²) in [7, 11) is 0. The molecule has 0 unspecified atom stereocenters. The van der Waals surface area contributed by atoms with Gasteiger partial charge in [0, 0.05) is 19.0 Å². The quantitative estimate of drug-likeness (QED) is 0.658. The molecule has 192 valence electrons. The van der Waals surface area contributed by atoms with Gasteiger partial charge >= 0.3 is 0 Å². The first kappa shape index (κ1) is 23.5. The van der Waals surface area contributed by atoms with Crippen LogP contribution in [0, 0.1) is 0 Å². The molecule has 0 spiro atoms. The van der Waals surface area contributed by atoms with Gasteiger partial charge in [-0.25, -0.2) is 18.3 Å². The number of nitrogens with two attached hydrogens (primary N) is 1. The van der Waals surface area contributed by atoms with Crippen LogP contribution in [0.1, 0.15) is 51.3 Å². The lowest BCUT2D eigenvalue weighted by atomic mass is 10.0. The van der Waals surface area contributed by atoms with E-state index in [0.29, 0.717) is 17.9 Å². The molecule has 2 N–H and O–H groups in total. The number of aromatic nitrogens is 3. The molecule has 6 heterocycles. The number of nitrogens with zero attached hydrogens (tertiary/aromatic N) is 5. The second kappa shape index (κ2) is 8.58. The standard InChI is InChI=1S/C24H34F2N6O3/c1-23(2)34-20-18(12-31-13-24(25,26)11-15(31)7-10-30-8-3-4-9-30)33-19(21(20)35-23)16-5-6-17-22(27)28-14-29-32(16)17/h5-6,14-15,18-21H,3-4,7-13H2,1-2H3,(H2,27,28,29)/t15-,18-,19+,20-,21+/m1/s1. The summed E-state index contributed by atoms with van der Waals surface area (Å²) in [6.07, 6.45) is 2.82. The first-order chi connectivity index (χ1) is 16.7. The molecule has 2 aromatic rings. The van der Waals surface area contributed by atoms with Crippen molar-refractivity contribution in [3.63, 3.8) is 0 Å². The summed E-state index contributed by atoms with van der Waals surface area (Å²) in [6, 6.07) is 3.58. The van der Waals surface area contributed by atoms with Gasteiger partial charge in [0.25, 0.3) is 5.92 Å². The van der Waals surface area contributed by atoms with E-state index in [9.17, 15) is 8.78 Å². The van der Waals surface area contributed by atoms with Crippen molar-refractivity contribution in [2.45, 2.75) is 81.7 Å². The van der Waals surface area contributed by atoms with E-state index in [1.54, 1.807) is 4.52 Å². The van der Waals surface area contributed by atoms with Gasteiger partial charge in [-0.1, -0.05) is 0 Å². The molecule has 4 aliphatic rings. The van der Waals surface area contributed by atoms with Gasteiger partial charge in [0.1, 0.15) is 36.3 Å². The van der Waals surface area contributed by atoms with Crippen LogP contribution >= 0.6 is 0 Å². The maximum atomic E-state index is 14.5. The van der Waals surface area contributed by atoms with Crippen LogP contribution in [0.4, 0.5) is 14.6 Å². The molecular formula is C24H34F2N6O3. The molecule has 4 fully saturated rings. The average molecular weight is 493 g/mol. The molecule has 0 saturated carbocycles. The van der Waals surface area contributed by atoms with Crippen LogP contribution in [0.25, 0.3) is 5.52 Å². The van der Waals surface area contributed by atoms with E-state index in [-0.39, 0.29) is 31.2 Å². The number of nitrogen functional groups attached to an aromatic ring is 1. The number of halogens is 2. The van der Waals surface area contributed by atoms with E-state index in [0.717, 1.165) is 31.7 Å². The molecule has 9 nitrogen and oxygen atoms in total. The van der Waals surface area contributed by atoms with Crippen molar-refractivity contribution >= 4 is 11.3 Å². The number of hydrogen-bond donors (Lipinski definition) is 1. The molecule has 4 aliphatic heterocycles. The minimum absolute atomic E-state index is 0.104. The average Bonchev–Trinajstić information content (AvgIpc) is 3.58. The fourth-order valence-corrected chi connectivity index (χ4v) is 6.29. The molecule has 6 rings (SSSR count). The molecule has 0 amide bonds. The van der Waals surface area contributed by atoms with Gasteiger partial charge in [0.15, 0.2) is 11.6 Å². The van der Waals surface area contributed by atoms with Crippen LogP contribution in [0.15, 0.2) is 18.5 Å². The normalized spacial score (nSPS) is 34.8. The fraction of sp³-hybridized carbons (Fsp3) is 0.750. The van der Waals surface area contributed by atoms with Gasteiger partial charge in [-0.2, -0.15) is 5.10 Å². The highest BCUT2D eigenvalue weighted by Crippen LogP contribution is 2.46. The second-order valence-corrected chi connectivity index (χ2v) is 10.8. The molecule has 0 bridgehead atoms. The van der Waals surface area contributed by atoms with E-state index in [1.165, 1.54) is 19.2 Å². The first-order valence-electron chi connectivity index (χ1n) is 12.6. The van der Waals surface area contributed by atoms with Crippen LogP contribution in [0.2, 0.25) is 0 Å². The minimum atomic E-state index is -2.69. The molecule has 35 heavy (non-hydrogen) atoms. The number of alkyl halides is 2. The molecule has 11 heteroatoms. The lowest BCUT2D eigenvalue weighted by molar-refractivity contribution is -0.190. The molecule has 0 aromatic carbocycles. The Morgan fingerprint density at radius 3 is 2.71 bits per heavy atom. The maximum absolute atomic E-state index is 14.5. The smallest absolute Gasteiger partial charge is 0.262 e. The van der Waals surface area contributed by atoms with Crippen molar-refractivity contribution in [1.29, 1.82) is 0 Å². The summed E-state index contributed by atoms with van der Waals surface area (Å²) in [4.78, 5) is 8.35. The van der Waals surface area contributed by atoms with Gasteiger partial charge in [-0.05, 0) is 64.9 Å². The van der Waals surface area contributed by atoms with Crippen LogP contribution in [0.3, 0.4) is 0 Å². The zero-order valence-electron chi connectivity index (χ0n) is 20.3. The molecular weight excluding hydrogens is 458 g/mol. The summed E-state index contributed by atoms with van der Waals surface area (Å²) >= 11 is 0. The van der Waals surface area contributed by atoms with Crippen LogP contribution in [-0.4, -0.2) is 93.2 Å². The Morgan fingerprint density at radius 1 is 1.14 bits per heavy atom. The van der Waals surface area contributed by atoms with Gasteiger partial charge in [-0.3, -0.25) is 4.90 Å². The number of anilines is 1. The van der Waals surface area contributed by atoms with E-state index >= 15 is 0 Å². The third-order valence-electron chi connectivity index (χ3n) is 7.83. The highest BCUT2D eigenvalue weighted by atomic mass is 19.3. The Kier molecular flexibility index (Phi) is 5.76. The Morgan fingerprint density at radius 2 is 1.91 bits per heavy atom. The highest BCUT2D eigenvalue weighted by molar-refractivity contribution is 5.65. The monoisotopic (exact) mass is 492 g/mol. The largest absolute Gasteiger partial charge is 0.382 e. The Labute approximate surface area is 203 Å². The Hall–Kier alpha value is -1.92. The van der Waals surface area contributed by atoms with E-state index in [4.69, 9.17) is 19.9 Å². The Balaban J connectivity index is 1.23. The number of hydrogen-bond acceptors (Lipinski definition) is 8. The van der Waals surface area contributed by atoms with E-state index in [1.807, 2.05) is 30.9 Å². The van der Waals surface area contributed by atoms with Gasteiger partial charge in [0.05, 0.1) is 12.2 Å². The number of rotatable bonds is 6. The van der Waals surface area contributed by atoms with Gasteiger partial charge in [0.2, 0.25) is 0 Å². The SMILES string of the molecule is CC1(C)O[C@@H]2[C@H](O1)[C@@H](CN1CC(F)(F)C[C@H]1CCN1CCCC1)O[C@H]2c1ccc2c(N)ncnn12. The van der Waals surface area contributed by atoms with Gasteiger partial charge in [-0.15, -0.1) is 0 Å². The molecule has 0 radical (unpaired) electrons. The first-order valence-corrected chi connectivity index (χ1v) is 12.6. The molecule has 2 aromatic heterocycles. The van der Waals surface area contributed by atoms with Crippen molar-refractivity contribution < 1.29 is 23.0 Å². The predicted molar refractivity (Wildman–Crippen MR) is 124 cm³/mol. The number of ether oxygens (including phenoxy) is 3. The molecule has 4 saturated heterocycles. The third kappa shape index (κ3) is 4.42. The lowest BCUT2D eigenvalue weighted by Gasteiger charge is -2.30. The van der Waals surface area contributed by atoms with Crippen molar-refractivity contribution in [2.24, 2.45) is 0 Å². The lowest BCUT2D eigenvalue weighted by Crippen LogP contribution is -2.43. The van der Waals surface area contributed by atoms with Crippen LogP contribution in [0.5, 0.6) is 0 Å². The third-order valence-corrected chi connectivity index (χ3v) is 7.83. The predicted octanol–water partition coefficient (Wildman–Crippen LogP) is 2.47. The van der Waals surface area contributed by atoms with Crippen molar-refractivity contribution in [3.8, 4) is 0 Å². The topological polar surface area (TPSA) is 90.4 Å². The van der Waals surface area contributed by atoms with Crippen molar-refractivity contribution in [3.05, 3.63) is 24.2 Å². The number of fused-ring (bicyclic) bond motifs is 2. The Bertz CT molecular complexity index is 1070. The van der Waals surface area contributed by atoms with Crippen molar-refractivity contribution in [2.75, 3.05) is 38.5 Å². The molecule has 5 atom stereocenters. The van der Waals surface area contributed by atoms with E-state index in [2.05, 4.69) is 15.0 Å². The minimum Gasteiger partial charge on any atom is -0.382 e. The molecule has 0 aliphatic carbocycles. The maximum Gasteiger partial charge on any atom is 0.262 e. The summed E-state index contributed by atoms with van der Waals surface area (Å²) in [5.74, 6) is -3.10. The summed E-state index contributed by atoms with van der Waals surface area (Å²) in [5, 5.41) is 4.35. The second-order valence-electron chi connectivity index (χ2n) is 10.8. The van der Waals surface area contributed by atoms with Gasteiger partial charge < -0.3 is 24.8 Å². The summed E-state index contributed by atoms with van der Waals surface area (Å²) in [6.45, 7) is 6.87. The van der Waals surface area contributed by atoms with Crippen LogP contribution in [-0.2, 0) is 14.2 Å². The zero-order valence-corrected chi connectivity index (χ0v) is 20.3. The van der Waals surface area contributed by atoms with E-state index < -0.39 is 23.9 Å². The fourth-order valence-electron chi connectivity index (χ4n) is 6.29. The highest BCUT2D eigenvalue weighted by Gasteiger charge is 2.57. The van der Waals surface area contributed by atoms with Crippen molar-refractivity contribution in [1.82, 2.24) is 24.4 Å². The summed E-state index contributed by atoms with van der Waals surface area (Å²) < 4.78 is 49.8. The summed E-state index contributed by atoms with van der Waals surface area (Å²) in [5.41, 5.74) is 7.49.